The molecule has 1 heterocycles. The van der Waals surface area contributed by atoms with E-state index in [2.05, 4.69) is 0 Å². The Hall–Kier alpha value is -1.27. The first kappa shape index (κ1) is 22.4. The summed E-state index contributed by atoms with van der Waals surface area (Å²) < 4.78 is 32.9. The number of benzene rings is 2. The molecule has 1 fully saturated rings. The molecule has 2 aromatic rings. The zero-order chi connectivity index (χ0) is 20.9. The Morgan fingerprint density at radius 2 is 1.62 bits per heavy atom. The number of ether oxygens (including phenoxy) is 1. The molecule has 1 aliphatic heterocycles. The van der Waals surface area contributed by atoms with Crippen molar-refractivity contribution in [2.45, 2.75) is 43.9 Å². The van der Waals surface area contributed by atoms with Crippen LogP contribution in [0, 0.1) is 12.8 Å². The monoisotopic (exact) mass is 455 g/mol. The van der Waals surface area contributed by atoms with Gasteiger partial charge in [0.2, 0.25) is 10.0 Å². The van der Waals surface area contributed by atoms with E-state index in [1.165, 1.54) is 0 Å². The summed E-state index contributed by atoms with van der Waals surface area (Å²) in [7, 11) is -3.38. The van der Waals surface area contributed by atoms with Crippen molar-refractivity contribution in [2.75, 3.05) is 19.7 Å². The van der Waals surface area contributed by atoms with Crippen LogP contribution in [0.25, 0.3) is 0 Å². The molecule has 3 rings (SSSR count). The Morgan fingerprint density at radius 1 is 1.00 bits per heavy atom. The minimum Gasteiger partial charge on any atom is -0.490 e. The van der Waals surface area contributed by atoms with Crippen molar-refractivity contribution < 1.29 is 13.2 Å². The molecule has 0 atom stereocenters. The van der Waals surface area contributed by atoms with Crippen molar-refractivity contribution in [3.05, 3.63) is 58.1 Å². The number of rotatable bonds is 8. The average Bonchev–Trinajstić information content (AvgIpc) is 2.70. The third kappa shape index (κ3) is 5.88. The molecule has 1 aliphatic rings. The molecule has 0 bridgehead atoms. The highest BCUT2D eigenvalue weighted by molar-refractivity contribution is 7.89. The number of aryl methyl sites for hydroxylation is 1. The van der Waals surface area contributed by atoms with Crippen LogP contribution in [0.4, 0.5) is 0 Å². The Bertz CT molecular complexity index is 888. The predicted molar refractivity (Wildman–Crippen MR) is 118 cm³/mol. The lowest BCUT2D eigenvalue weighted by molar-refractivity contribution is 0.249. The summed E-state index contributed by atoms with van der Waals surface area (Å²) in [6.45, 7) is 3.71. The third-order valence-corrected chi connectivity index (χ3v) is 7.91. The fraction of sp³-hybridized carbons (Fsp3) is 0.455. The highest BCUT2D eigenvalue weighted by atomic mass is 35.5. The number of piperidine rings is 1. The normalized spacial score (nSPS) is 16.1. The van der Waals surface area contributed by atoms with Gasteiger partial charge in [0.25, 0.3) is 0 Å². The second-order valence-electron chi connectivity index (χ2n) is 7.56. The number of sulfonamides is 1. The maximum absolute atomic E-state index is 12.8. The van der Waals surface area contributed by atoms with Gasteiger partial charge in [0, 0.05) is 13.1 Å². The van der Waals surface area contributed by atoms with Crippen LogP contribution in [-0.4, -0.2) is 32.4 Å². The first-order valence-corrected chi connectivity index (χ1v) is 12.2. The second kappa shape index (κ2) is 10.2. The number of nitrogens with zero attached hydrogens (tertiary/aromatic N) is 1. The Morgan fingerprint density at radius 3 is 2.24 bits per heavy atom. The first-order valence-electron chi connectivity index (χ1n) is 10.0. The smallest absolute Gasteiger partial charge is 0.243 e. The van der Waals surface area contributed by atoms with E-state index in [4.69, 9.17) is 27.9 Å². The van der Waals surface area contributed by atoms with Gasteiger partial charge in [0.15, 0.2) is 5.75 Å². The summed E-state index contributed by atoms with van der Waals surface area (Å²) in [4.78, 5) is 0.386. The van der Waals surface area contributed by atoms with Crippen molar-refractivity contribution in [2.24, 2.45) is 5.92 Å². The number of hydrogen-bond acceptors (Lipinski definition) is 3. The molecule has 0 amide bonds. The Labute approximate surface area is 183 Å². The van der Waals surface area contributed by atoms with Gasteiger partial charge in [-0.3, -0.25) is 0 Å². The summed E-state index contributed by atoms with van der Waals surface area (Å²) >= 11 is 12.2. The average molecular weight is 456 g/mol. The fourth-order valence-electron chi connectivity index (χ4n) is 3.63. The van der Waals surface area contributed by atoms with Gasteiger partial charge in [-0.25, -0.2) is 8.42 Å². The van der Waals surface area contributed by atoms with Crippen LogP contribution in [0.1, 0.15) is 37.7 Å². The molecule has 1 saturated heterocycles. The number of para-hydroxylation sites is 1. The molecule has 2 aromatic carbocycles. The van der Waals surface area contributed by atoms with Crippen LogP contribution in [0.2, 0.25) is 10.0 Å². The van der Waals surface area contributed by atoms with E-state index in [0.717, 1.165) is 37.7 Å². The fourth-order valence-corrected chi connectivity index (χ4v) is 5.60. The van der Waals surface area contributed by atoms with Crippen LogP contribution in [0.3, 0.4) is 0 Å². The van der Waals surface area contributed by atoms with E-state index >= 15 is 0 Å². The minimum atomic E-state index is -3.38. The van der Waals surface area contributed by atoms with Gasteiger partial charge in [0.1, 0.15) is 0 Å². The molecule has 0 aromatic heterocycles. The lowest BCUT2D eigenvalue weighted by atomic mass is 9.92. The molecule has 7 heteroatoms. The van der Waals surface area contributed by atoms with Crippen LogP contribution >= 0.6 is 23.2 Å². The molecule has 0 N–H and O–H groups in total. The summed E-state index contributed by atoms with van der Waals surface area (Å²) in [6, 6.07) is 12.4. The molecule has 4 nitrogen and oxygen atoms in total. The predicted octanol–water partition coefficient (Wildman–Crippen LogP) is 5.95. The zero-order valence-electron chi connectivity index (χ0n) is 16.6. The summed E-state index contributed by atoms with van der Waals surface area (Å²) in [5.41, 5.74) is 1.06. The van der Waals surface area contributed by atoms with Gasteiger partial charge in [-0.15, -0.1) is 0 Å². The van der Waals surface area contributed by atoms with Gasteiger partial charge < -0.3 is 4.74 Å². The summed E-state index contributed by atoms with van der Waals surface area (Å²) in [6.07, 6.45) is 4.85. The van der Waals surface area contributed by atoms with Gasteiger partial charge in [0.05, 0.1) is 21.5 Å². The van der Waals surface area contributed by atoms with Crippen molar-refractivity contribution in [3.63, 3.8) is 0 Å². The van der Waals surface area contributed by atoms with E-state index in [9.17, 15) is 8.42 Å². The van der Waals surface area contributed by atoms with Crippen LogP contribution in [0.5, 0.6) is 5.75 Å². The molecule has 29 heavy (non-hydrogen) atoms. The standard InChI is InChI=1S/C22H27Cl2NO3S/c1-17-8-10-19(11-9-17)29(26,27)25-14-12-18(13-15-25)5-2-3-16-28-22-20(23)6-4-7-21(22)24/h4,6-11,18H,2-3,5,12-16H2,1H3. The van der Waals surface area contributed by atoms with Crippen molar-refractivity contribution in [1.82, 2.24) is 4.31 Å². The highest BCUT2D eigenvalue weighted by Gasteiger charge is 2.29. The minimum absolute atomic E-state index is 0.386. The number of halogens is 2. The highest BCUT2D eigenvalue weighted by Crippen LogP contribution is 2.32. The van der Waals surface area contributed by atoms with Crippen molar-refractivity contribution in [1.29, 1.82) is 0 Å². The zero-order valence-corrected chi connectivity index (χ0v) is 18.9. The summed E-state index contributed by atoms with van der Waals surface area (Å²) in [5.74, 6) is 1.11. The van der Waals surface area contributed by atoms with E-state index in [-0.39, 0.29) is 0 Å². The summed E-state index contributed by atoms with van der Waals surface area (Å²) in [5, 5.41) is 1.05. The quantitative estimate of drug-likeness (QED) is 0.461. The lowest BCUT2D eigenvalue weighted by Gasteiger charge is -2.31. The van der Waals surface area contributed by atoms with Gasteiger partial charge in [-0.05, 0) is 62.8 Å². The van der Waals surface area contributed by atoms with E-state index in [1.807, 2.05) is 19.1 Å². The Balaban J connectivity index is 1.39. The molecule has 0 spiro atoms. The van der Waals surface area contributed by atoms with Crippen LogP contribution < -0.4 is 4.74 Å². The largest absolute Gasteiger partial charge is 0.490 e. The maximum atomic E-state index is 12.8. The number of hydrogen-bond donors (Lipinski definition) is 0. The van der Waals surface area contributed by atoms with Crippen LogP contribution in [0.15, 0.2) is 47.4 Å². The van der Waals surface area contributed by atoms with E-state index < -0.39 is 10.0 Å². The van der Waals surface area contributed by atoms with E-state index in [0.29, 0.717) is 46.3 Å². The van der Waals surface area contributed by atoms with Crippen molar-refractivity contribution >= 4 is 33.2 Å². The number of unbranched alkanes of at least 4 members (excludes halogenated alkanes) is 1. The first-order chi connectivity index (χ1) is 13.9. The molecule has 0 saturated carbocycles. The van der Waals surface area contributed by atoms with Gasteiger partial charge >= 0.3 is 0 Å². The third-order valence-electron chi connectivity index (χ3n) is 5.40. The van der Waals surface area contributed by atoms with Crippen molar-refractivity contribution in [3.8, 4) is 5.75 Å². The molecule has 158 valence electrons. The maximum Gasteiger partial charge on any atom is 0.243 e. The topological polar surface area (TPSA) is 46.6 Å². The van der Waals surface area contributed by atoms with Gasteiger partial charge in [-0.1, -0.05) is 53.4 Å². The molecule has 0 aliphatic carbocycles. The Kier molecular flexibility index (Phi) is 7.85. The molecular formula is C22H27Cl2NO3S. The van der Waals surface area contributed by atoms with Gasteiger partial charge in [-0.2, -0.15) is 4.31 Å². The van der Waals surface area contributed by atoms with E-state index in [1.54, 1.807) is 34.6 Å². The second-order valence-corrected chi connectivity index (χ2v) is 10.3. The molecular weight excluding hydrogens is 429 g/mol. The SMILES string of the molecule is Cc1ccc(S(=O)(=O)N2CCC(CCCCOc3c(Cl)cccc3Cl)CC2)cc1. The molecule has 0 radical (unpaired) electrons. The lowest BCUT2D eigenvalue weighted by Crippen LogP contribution is -2.38. The molecule has 0 unspecified atom stereocenters. The van der Waals surface area contributed by atoms with Crippen LogP contribution in [-0.2, 0) is 10.0 Å².